The number of hydrogen-bond acceptors (Lipinski definition) is 3. The fourth-order valence-corrected chi connectivity index (χ4v) is 2.34. The van der Waals surface area contributed by atoms with Crippen molar-refractivity contribution in [2.24, 2.45) is 5.73 Å². The van der Waals surface area contributed by atoms with Gasteiger partial charge in [0.05, 0.1) is 12.1 Å². The van der Waals surface area contributed by atoms with E-state index < -0.39 is 5.54 Å². The number of methoxy groups -OCH3 is 1. The molecule has 4 heteroatoms. The summed E-state index contributed by atoms with van der Waals surface area (Å²) in [7, 11) is 1.63. The van der Waals surface area contributed by atoms with Crippen LogP contribution in [-0.4, -0.2) is 43.2 Å². The molecule has 2 N–H and O–H groups in total. The summed E-state index contributed by atoms with van der Waals surface area (Å²) in [5.41, 5.74) is 5.58. The molecule has 0 aromatic rings. The Balaban J connectivity index is 2.64. The first kappa shape index (κ1) is 14.2. The van der Waals surface area contributed by atoms with Crippen molar-refractivity contribution in [2.45, 2.75) is 37.6 Å². The largest absolute Gasteiger partial charge is 0.383 e. The highest BCUT2D eigenvalue weighted by atomic mass is 16.5. The third-order valence-electron chi connectivity index (χ3n) is 3.37. The Hall–Kier alpha value is -0.870. The SMILES string of the molecule is C=CCN(CCOC)C(=O)C1(N)CCCCC1. The molecular formula is C13H24N2O2. The minimum Gasteiger partial charge on any atom is -0.383 e. The van der Waals surface area contributed by atoms with Crippen LogP contribution in [0.1, 0.15) is 32.1 Å². The van der Waals surface area contributed by atoms with Gasteiger partial charge in [-0.05, 0) is 12.8 Å². The number of nitrogens with two attached hydrogens (primary N) is 1. The summed E-state index contributed by atoms with van der Waals surface area (Å²) >= 11 is 0. The van der Waals surface area contributed by atoms with E-state index in [9.17, 15) is 4.79 Å². The number of ether oxygens (including phenoxy) is 1. The van der Waals surface area contributed by atoms with Crippen LogP contribution >= 0.6 is 0 Å². The Morgan fingerprint density at radius 3 is 2.65 bits per heavy atom. The quantitative estimate of drug-likeness (QED) is 0.712. The molecule has 1 fully saturated rings. The normalized spacial score (nSPS) is 18.7. The van der Waals surface area contributed by atoms with E-state index in [1.165, 1.54) is 6.42 Å². The van der Waals surface area contributed by atoms with Gasteiger partial charge in [0.1, 0.15) is 0 Å². The summed E-state index contributed by atoms with van der Waals surface area (Å²) < 4.78 is 5.02. The molecule has 0 aromatic carbocycles. The Kier molecular flexibility index (Phi) is 5.65. The number of carbonyl (C=O) groups is 1. The van der Waals surface area contributed by atoms with Gasteiger partial charge in [0, 0.05) is 20.2 Å². The van der Waals surface area contributed by atoms with E-state index in [1.54, 1.807) is 18.1 Å². The molecule has 4 nitrogen and oxygen atoms in total. The first-order valence-electron chi connectivity index (χ1n) is 6.32. The van der Waals surface area contributed by atoms with Gasteiger partial charge in [-0.3, -0.25) is 4.79 Å². The van der Waals surface area contributed by atoms with Crippen LogP contribution in [-0.2, 0) is 9.53 Å². The van der Waals surface area contributed by atoms with Crippen LogP contribution in [0.4, 0.5) is 0 Å². The van der Waals surface area contributed by atoms with Crippen molar-refractivity contribution < 1.29 is 9.53 Å². The Bertz CT molecular complexity index is 260. The predicted molar refractivity (Wildman–Crippen MR) is 68.7 cm³/mol. The molecule has 1 saturated carbocycles. The van der Waals surface area contributed by atoms with Gasteiger partial charge >= 0.3 is 0 Å². The standard InChI is InChI=1S/C13H24N2O2/c1-3-9-15(10-11-17-2)12(16)13(14)7-5-4-6-8-13/h3H,1,4-11,14H2,2H3. The van der Waals surface area contributed by atoms with E-state index in [0.717, 1.165) is 25.7 Å². The maximum Gasteiger partial charge on any atom is 0.243 e. The lowest BCUT2D eigenvalue weighted by Crippen LogP contribution is -2.56. The van der Waals surface area contributed by atoms with Crippen molar-refractivity contribution in [3.05, 3.63) is 12.7 Å². The first-order valence-corrected chi connectivity index (χ1v) is 6.32. The summed E-state index contributed by atoms with van der Waals surface area (Å²) in [5.74, 6) is 0.0501. The number of nitrogens with zero attached hydrogens (tertiary/aromatic N) is 1. The second-order valence-electron chi connectivity index (χ2n) is 4.75. The van der Waals surface area contributed by atoms with Gasteiger partial charge < -0.3 is 15.4 Å². The van der Waals surface area contributed by atoms with Crippen molar-refractivity contribution >= 4 is 5.91 Å². The molecule has 0 aliphatic heterocycles. The zero-order valence-corrected chi connectivity index (χ0v) is 10.8. The number of hydrogen-bond donors (Lipinski definition) is 1. The molecule has 0 bridgehead atoms. The molecule has 1 aliphatic carbocycles. The maximum atomic E-state index is 12.4. The highest BCUT2D eigenvalue weighted by Gasteiger charge is 2.37. The van der Waals surface area contributed by atoms with Gasteiger partial charge in [0.25, 0.3) is 0 Å². The smallest absolute Gasteiger partial charge is 0.243 e. The molecule has 1 aliphatic rings. The van der Waals surface area contributed by atoms with E-state index in [1.807, 2.05) is 0 Å². The van der Waals surface area contributed by atoms with Crippen LogP contribution < -0.4 is 5.73 Å². The monoisotopic (exact) mass is 240 g/mol. The highest BCUT2D eigenvalue weighted by molar-refractivity contribution is 5.86. The summed E-state index contributed by atoms with van der Waals surface area (Å²) in [6.45, 7) is 5.35. The molecule has 1 amide bonds. The van der Waals surface area contributed by atoms with Crippen molar-refractivity contribution in [3.63, 3.8) is 0 Å². The van der Waals surface area contributed by atoms with Crippen LogP contribution in [0.3, 0.4) is 0 Å². The second-order valence-corrected chi connectivity index (χ2v) is 4.75. The van der Waals surface area contributed by atoms with E-state index in [0.29, 0.717) is 19.7 Å². The highest BCUT2D eigenvalue weighted by Crippen LogP contribution is 2.27. The average Bonchev–Trinajstić information content (AvgIpc) is 2.34. The van der Waals surface area contributed by atoms with Gasteiger partial charge in [0.2, 0.25) is 5.91 Å². The Morgan fingerprint density at radius 1 is 1.47 bits per heavy atom. The van der Waals surface area contributed by atoms with Gasteiger partial charge in [0.15, 0.2) is 0 Å². The molecule has 17 heavy (non-hydrogen) atoms. The molecule has 0 spiro atoms. The predicted octanol–water partition coefficient (Wildman–Crippen LogP) is 1.31. The van der Waals surface area contributed by atoms with Crippen LogP contribution in [0.5, 0.6) is 0 Å². The van der Waals surface area contributed by atoms with Gasteiger partial charge in [-0.25, -0.2) is 0 Å². The number of amides is 1. The van der Waals surface area contributed by atoms with Crippen molar-refractivity contribution in [1.29, 1.82) is 0 Å². The number of rotatable bonds is 6. The summed E-state index contributed by atoms with van der Waals surface area (Å²) in [6.07, 6.45) is 6.62. The molecule has 0 saturated heterocycles. The maximum absolute atomic E-state index is 12.4. The molecule has 1 rings (SSSR count). The van der Waals surface area contributed by atoms with E-state index >= 15 is 0 Å². The van der Waals surface area contributed by atoms with Crippen molar-refractivity contribution in [3.8, 4) is 0 Å². The van der Waals surface area contributed by atoms with Gasteiger partial charge in [-0.1, -0.05) is 25.3 Å². The molecule has 0 aromatic heterocycles. The first-order chi connectivity index (χ1) is 8.14. The number of carbonyl (C=O) groups excluding carboxylic acids is 1. The lowest BCUT2D eigenvalue weighted by atomic mass is 9.81. The summed E-state index contributed by atoms with van der Waals surface area (Å²) in [5, 5.41) is 0. The zero-order valence-electron chi connectivity index (χ0n) is 10.8. The van der Waals surface area contributed by atoms with Crippen molar-refractivity contribution in [1.82, 2.24) is 4.90 Å². The van der Waals surface area contributed by atoms with E-state index in [4.69, 9.17) is 10.5 Å². The van der Waals surface area contributed by atoms with Crippen LogP contribution in [0, 0.1) is 0 Å². The minimum atomic E-state index is -0.658. The van der Waals surface area contributed by atoms with E-state index in [2.05, 4.69) is 6.58 Å². The van der Waals surface area contributed by atoms with E-state index in [-0.39, 0.29) is 5.91 Å². The summed E-state index contributed by atoms with van der Waals surface area (Å²) in [4.78, 5) is 14.2. The molecule has 0 heterocycles. The fourth-order valence-electron chi connectivity index (χ4n) is 2.34. The third-order valence-corrected chi connectivity index (χ3v) is 3.37. The van der Waals surface area contributed by atoms with Crippen molar-refractivity contribution in [2.75, 3.05) is 26.8 Å². The Labute approximate surface area is 104 Å². The van der Waals surface area contributed by atoms with Crippen LogP contribution in [0.2, 0.25) is 0 Å². The molecule has 98 valence electrons. The van der Waals surface area contributed by atoms with Crippen LogP contribution in [0.15, 0.2) is 12.7 Å². The van der Waals surface area contributed by atoms with Crippen LogP contribution in [0.25, 0.3) is 0 Å². The summed E-state index contributed by atoms with van der Waals surface area (Å²) in [6, 6.07) is 0. The third kappa shape index (κ3) is 3.82. The average molecular weight is 240 g/mol. The Morgan fingerprint density at radius 2 is 2.12 bits per heavy atom. The zero-order chi connectivity index (χ0) is 12.7. The lowest BCUT2D eigenvalue weighted by molar-refractivity contribution is -0.138. The fraction of sp³-hybridized carbons (Fsp3) is 0.769. The molecule has 0 unspecified atom stereocenters. The van der Waals surface area contributed by atoms with Gasteiger partial charge in [-0.2, -0.15) is 0 Å². The topological polar surface area (TPSA) is 55.6 Å². The minimum absolute atomic E-state index is 0.0501. The van der Waals surface area contributed by atoms with Gasteiger partial charge in [-0.15, -0.1) is 6.58 Å². The molecule has 0 atom stereocenters. The molecule has 0 radical (unpaired) electrons. The lowest BCUT2D eigenvalue weighted by Gasteiger charge is -2.36. The second kappa shape index (κ2) is 6.77. The molecular weight excluding hydrogens is 216 g/mol.